The van der Waals surface area contributed by atoms with Gasteiger partial charge in [0.1, 0.15) is 0 Å². The normalized spacial score (nSPS) is 15.7. The van der Waals surface area contributed by atoms with Gasteiger partial charge in [0.2, 0.25) is 16.9 Å². The molecular weight excluding hydrogens is 454 g/mol. The highest BCUT2D eigenvalue weighted by atomic mass is 35.5. The fourth-order valence-electron chi connectivity index (χ4n) is 3.12. The van der Waals surface area contributed by atoms with Crippen molar-refractivity contribution < 1.29 is 9.59 Å². The number of rotatable bonds is 6. The van der Waals surface area contributed by atoms with Gasteiger partial charge in [-0.25, -0.2) is 0 Å². The van der Waals surface area contributed by atoms with Crippen LogP contribution in [0.4, 0.5) is 10.8 Å². The van der Waals surface area contributed by atoms with Gasteiger partial charge in [-0.15, -0.1) is 10.2 Å². The summed E-state index contributed by atoms with van der Waals surface area (Å²) in [4.78, 5) is 26.6. The number of halogens is 1. The van der Waals surface area contributed by atoms with E-state index in [1.54, 1.807) is 41.3 Å². The lowest BCUT2D eigenvalue weighted by Crippen LogP contribution is -2.28. The fraction of sp³-hybridized carbons (Fsp3) is 0.190. The molecular formula is C21H16ClN5O2S2. The average Bonchev–Trinajstić information content (AvgIpc) is 3.39. The molecule has 1 aliphatic heterocycles. The molecule has 7 nitrogen and oxygen atoms in total. The van der Waals surface area contributed by atoms with Gasteiger partial charge in [0.25, 0.3) is 0 Å². The average molecular weight is 470 g/mol. The van der Waals surface area contributed by atoms with E-state index in [4.69, 9.17) is 16.9 Å². The fourth-order valence-corrected chi connectivity index (χ4v) is 5.02. The Morgan fingerprint density at radius 3 is 2.84 bits per heavy atom. The standard InChI is InChI=1S/C21H16ClN5O2S2/c22-16-2-1-3-17(9-16)27-11-15(8-18(27)28)19(29)24-20-25-26-21(31-20)30-12-14-6-4-13(10-23)5-7-14/h1-7,9,15H,8,11-12H2,(H,24,25,29). The van der Waals surface area contributed by atoms with Crippen LogP contribution in [0.15, 0.2) is 52.9 Å². The molecule has 0 spiro atoms. The molecule has 10 heteroatoms. The second-order valence-electron chi connectivity index (χ2n) is 6.85. The quantitative estimate of drug-likeness (QED) is 0.425. The Balaban J connectivity index is 1.32. The van der Waals surface area contributed by atoms with Crippen LogP contribution in [0.5, 0.6) is 0 Å². The molecule has 156 valence electrons. The van der Waals surface area contributed by atoms with Crippen LogP contribution in [0.3, 0.4) is 0 Å². The zero-order valence-electron chi connectivity index (χ0n) is 16.1. The van der Waals surface area contributed by atoms with Crippen LogP contribution in [-0.2, 0) is 15.3 Å². The number of thioether (sulfide) groups is 1. The van der Waals surface area contributed by atoms with Gasteiger partial charge in [-0.1, -0.05) is 52.9 Å². The topological polar surface area (TPSA) is 99.0 Å². The molecule has 31 heavy (non-hydrogen) atoms. The van der Waals surface area contributed by atoms with Crippen LogP contribution >= 0.6 is 34.7 Å². The first-order valence-corrected chi connectivity index (χ1v) is 11.5. The van der Waals surface area contributed by atoms with Gasteiger partial charge in [0.15, 0.2) is 4.34 Å². The van der Waals surface area contributed by atoms with E-state index in [0.29, 0.717) is 33.7 Å². The SMILES string of the molecule is N#Cc1ccc(CSc2nnc(NC(=O)C3CC(=O)N(c4cccc(Cl)c4)C3)s2)cc1. The zero-order valence-corrected chi connectivity index (χ0v) is 18.5. The van der Waals surface area contributed by atoms with Crippen molar-refractivity contribution in [1.29, 1.82) is 5.26 Å². The van der Waals surface area contributed by atoms with Gasteiger partial charge in [-0.2, -0.15) is 5.26 Å². The molecule has 0 radical (unpaired) electrons. The van der Waals surface area contributed by atoms with Crippen molar-refractivity contribution in [2.24, 2.45) is 5.92 Å². The van der Waals surface area contributed by atoms with Gasteiger partial charge in [0.05, 0.1) is 17.6 Å². The molecule has 1 aromatic heterocycles. The minimum Gasteiger partial charge on any atom is -0.312 e. The summed E-state index contributed by atoms with van der Waals surface area (Å²) in [5, 5.41) is 20.7. The Bertz CT molecular complexity index is 1160. The number of hydrogen-bond donors (Lipinski definition) is 1. The number of carbonyl (C=O) groups is 2. The molecule has 0 bridgehead atoms. The molecule has 1 aliphatic rings. The predicted octanol–water partition coefficient (Wildman–Crippen LogP) is 4.35. The van der Waals surface area contributed by atoms with Gasteiger partial charge < -0.3 is 10.2 Å². The Morgan fingerprint density at radius 1 is 1.29 bits per heavy atom. The summed E-state index contributed by atoms with van der Waals surface area (Å²) in [7, 11) is 0. The molecule has 2 amide bonds. The third kappa shape index (κ3) is 5.22. The van der Waals surface area contributed by atoms with Crippen LogP contribution in [0.1, 0.15) is 17.5 Å². The predicted molar refractivity (Wildman–Crippen MR) is 121 cm³/mol. The molecule has 4 rings (SSSR count). The van der Waals surface area contributed by atoms with Gasteiger partial charge in [0, 0.05) is 29.4 Å². The smallest absolute Gasteiger partial charge is 0.231 e. The van der Waals surface area contributed by atoms with E-state index in [9.17, 15) is 9.59 Å². The minimum atomic E-state index is -0.467. The van der Waals surface area contributed by atoms with E-state index in [2.05, 4.69) is 21.6 Å². The second-order valence-corrected chi connectivity index (χ2v) is 9.48. The molecule has 0 aliphatic carbocycles. The number of nitrogens with one attached hydrogen (secondary N) is 1. The van der Waals surface area contributed by atoms with Crippen molar-refractivity contribution in [3.8, 4) is 6.07 Å². The summed E-state index contributed by atoms with van der Waals surface area (Å²) in [6, 6.07) is 16.5. The highest BCUT2D eigenvalue weighted by Gasteiger charge is 2.35. The first-order valence-electron chi connectivity index (χ1n) is 9.34. The van der Waals surface area contributed by atoms with Crippen LogP contribution in [0, 0.1) is 17.2 Å². The molecule has 0 saturated carbocycles. The second kappa shape index (κ2) is 9.47. The van der Waals surface area contributed by atoms with Crippen LogP contribution < -0.4 is 10.2 Å². The highest BCUT2D eigenvalue weighted by molar-refractivity contribution is 8.00. The first-order chi connectivity index (χ1) is 15.0. The number of hydrogen-bond acceptors (Lipinski definition) is 7. The maximum atomic E-state index is 12.6. The van der Waals surface area contributed by atoms with Crippen molar-refractivity contribution >= 4 is 57.3 Å². The Kier molecular flexibility index (Phi) is 6.51. The molecule has 1 saturated heterocycles. The summed E-state index contributed by atoms with van der Waals surface area (Å²) in [5.74, 6) is -0.152. The van der Waals surface area contributed by atoms with Crippen LogP contribution in [0.2, 0.25) is 5.02 Å². The van der Waals surface area contributed by atoms with E-state index < -0.39 is 5.92 Å². The molecule has 3 aromatic rings. The van der Waals surface area contributed by atoms with E-state index in [1.165, 1.54) is 23.1 Å². The van der Waals surface area contributed by atoms with E-state index in [0.717, 1.165) is 9.90 Å². The third-order valence-electron chi connectivity index (χ3n) is 4.70. The highest BCUT2D eigenvalue weighted by Crippen LogP contribution is 2.30. The summed E-state index contributed by atoms with van der Waals surface area (Å²) < 4.78 is 0.725. The number of nitriles is 1. The number of carbonyl (C=O) groups excluding carboxylic acids is 2. The van der Waals surface area contributed by atoms with Crippen molar-refractivity contribution in [1.82, 2.24) is 10.2 Å². The summed E-state index contributed by atoms with van der Waals surface area (Å²) in [6.07, 6.45) is 0.136. The summed E-state index contributed by atoms with van der Waals surface area (Å²) >= 11 is 8.80. The number of amides is 2. The Labute approximate surface area is 192 Å². The monoisotopic (exact) mass is 469 g/mol. The Morgan fingerprint density at radius 2 is 2.10 bits per heavy atom. The number of aromatic nitrogens is 2. The van der Waals surface area contributed by atoms with Crippen molar-refractivity contribution in [2.45, 2.75) is 16.5 Å². The maximum absolute atomic E-state index is 12.6. The lowest BCUT2D eigenvalue weighted by Gasteiger charge is -2.16. The van der Waals surface area contributed by atoms with Crippen molar-refractivity contribution in [2.75, 3.05) is 16.8 Å². The molecule has 1 atom stereocenters. The van der Waals surface area contributed by atoms with Gasteiger partial charge in [-0.3, -0.25) is 9.59 Å². The summed E-state index contributed by atoms with van der Waals surface area (Å²) in [5.41, 5.74) is 2.37. The lowest BCUT2D eigenvalue weighted by molar-refractivity contribution is -0.122. The van der Waals surface area contributed by atoms with Crippen LogP contribution in [0.25, 0.3) is 0 Å². The lowest BCUT2D eigenvalue weighted by atomic mass is 10.1. The van der Waals surface area contributed by atoms with E-state index >= 15 is 0 Å². The molecule has 2 heterocycles. The minimum absolute atomic E-state index is 0.113. The van der Waals surface area contributed by atoms with Gasteiger partial charge >= 0.3 is 0 Å². The first kappa shape index (κ1) is 21.3. The van der Waals surface area contributed by atoms with Crippen molar-refractivity contribution in [3.05, 3.63) is 64.7 Å². The maximum Gasteiger partial charge on any atom is 0.231 e. The number of anilines is 2. The molecule has 1 fully saturated rings. The molecule has 1 unspecified atom stereocenters. The largest absolute Gasteiger partial charge is 0.312 e. The van der Waals surface area contributed by atoms with Gasteiger partial charge in [-0.05, 0) is 35.9 Å². The summed E-state index contributed by atoms with van der Waals surface area (Å²) in [6.45, 7) is 0.296. The Hall–Kier alpha value is -2.93. The van der Waals surface area contributed by atoms with Crippen molar-refractivity contribution in [3.63, 3.8) is 0 Å². The number of nitrogens with zero attached hydrogens (tertiary/aromatic N) is 4. The van der Waals surface area contributed by atoms with E-state index in [-0.39, 0.29) is 18.2 Å². The number of benzene rings is 2. The zero-order chi connectivity index (χ0) is 21.8. The third-order valence-corrected chi connectivity index (χ3v) is 6.98. The van der Waals surface area contributed by atoms with E-state index in [1.807, 2.05) is 12.1 Å². The molecule has 2 aromatic carbocycles. The molecule has 1 N–H and O–H groups in total. The van der Waals surface area contributed by atoms with Crippen LogP contribution in [-0.4, -0.2) is 28.6 Å².